The zero-order chi connectivity index (χ0) is 13.2. The van der Waals surface area contributed by atoms with Crippen molar-refractivity contribution in [1.82, 2.24) is 4.90 Å². The van der Waals surface area contributed by atoms with Crippen molar-refractivity contribution in [2.75, 3.05) is 6.54 Å². The van der Waals surface area contributed by atoms with Crippen molar-refractivity contribution in [3.8, 4) is 6.07 Å². The number of benzene rings is 1. The lowest BCUT2D eigenvalue weighted by Crippen LogP contribution is -2.35. The number of hydrogen-bond donors (Lipinski definition) is 0. The highest BCUT2D eigenvalue weighted by atomic mass is 32.1. The molecule has 0 atom stereocenters. The van der Waals surface area contributed by atoms with Crippen LogP contribution >= 0.6 is 11.3 Å². The van der Waals surface area contributed by atoms with Crippen molar-refractivity contribution < 1.29 is 4.79 Å². The summed E-state index contributed by atoms with van der Waals surface area (Å²) in [6.07, 6.45) is 0.940. The number of fused-ring (bicyclic) bond motifs is 1. The Hall–Kier alpha value is -2.12. The van der Waals surface area contributed by atoms with Gasteiger partial charge in [0.05, 0.1) is 11.6 Å². The number of nitriles is 1. The van der Waals surface area contributed by atoms with E-state index in [2.05, 4.69) is 17.5 Å². The van der Waals surface area contributed by atoms with E-state index >= 15 is 0 Å². The summed E-state index contributed by atoms with van der Waals surface area (Å²) in [5.41, 5.74) is 2.49. The lowest BCUT2D eigenvalue weighted by atomic mass is 10.1. The Morgan fingerprint density at radius 1 is 1.26 bits per heavy atom. The molecule has 4 heteroatoms. The lowest BCUT2D eigenvalue weighted by Gasteiger charge is -2.27. The van der Waals surface area contributed by atoms with E-state index in [-0.39, 0.29) is 5.91 Å². The predicted octanol–water partition coefficient (Wildman–Crippen LogP) is 2.82. The van der Waals surface area contributed by atoms with Crippen LogP contribution in [0.15, 0.2) is 35.7 Å². The fraction of sp³-hybridized carbons (Fsp3) is 0.200. The molecule has 2 heterocycles. The van der Waals surface area contributed by atoms with Crippen LogP contribution in [0, 0.1) is 11.3 Å². The molecule has 0 N–H and O–H groups in total. The molecule has 3 nitrogen and oxygen atoms in total. The van der Waals surface area contributed by atoms with E-state index in [0.29, 0.717) is 17.7 Å². The molecule has 2 aromatic rings. The number of amides is 1. The molecular formula is C15H12N2OS. The summed E-state index contributed by atoms with van der Waals surface area (Å²) in [6, 6.07) is 11.0. The molecule has 0 saturated heterocycles. The smallest absolute Gasteiger partial charge is 0.254 e. The molecule has 0 bridgehead atoms. The molecule has 19 heavy (non-hydrogen) atoms. The van der Waals surface area contributed by atoms with Gasteiger partial charge in [0.25, 0.3) is 5.91 Å². The van der Waals surface area contributed by atoms with E-state index in [1.807, 2.05) is 4.90 Å². The van der Waals surface area contributed by atoms with Crippen LogP contribution in [0.1, 0.15) is 26.4 Å². The van der Waals surface area contributed by atoms with Crippen LogP contribution in [0.2, 0.25) is 0 Å². The fourth-order valence-electron chi connectivity index (χ4n) is 2.29. The third-order valence-corrected chi connectivity index (χ3v) is 4.38. The Bertz CT molecular complexity index is 652. The van der Waals surface area contributed by atoms with Crippen LogP contribution in [0.4, 0.5) is 0 Å². The van der Waals surface area contributed by atoms with Crippen molar-refractivity contribution in [1.29, 1.82) is 5.26 Å². The van der Waals surface area contributed by atoms with Crippen LogP contribution in [0.5, 0.6) is 0 Å². The Kier molecular flexibility index (Phi) is 3.06. The second-order valence-electron chi connectivity index (χ2n) is 4.53. The molecule has 0 fully saturated rings. The zero-order valence-electron chi connectivity index (χ0n) is 10.3. The van der Waals surface area contributed by atoms with Crippen molar-refractivity contribution >= 4 is 17.2 Å². The van der Waals surface area contributed by atoms with Gasteiger partial charge >= 0.3 is 0 Å². The second kappa shape index (κ2) is 4.87. The minimum absolute atomic E-state index is 0.0429. The summed E-state index contributed by atoms with van der Waals surface area (Å²) < 4.78 is 0. The molecule has 1 amide bonds. The summed E-state index contributed by atoms with van der Waals surface area (Å²) >= 11 is 1.77. The average Bonchev–Trinajstić information content (AvgIpc) is 2.94. The summed E-state index contributed by atoms with van der Waals surface area (Å²) in [5, 5.41) is 10.8. The van der Waals surface area contributed by atoms with E-state index in [1.54, 1.807) is 35.6 Å². The first kappa shape index (κ1) is 11.9. The molecule has 1 aromatic carbocycles. The first-order valence-corrected chi connectivity index (χ1v) is 7.00. The largest absolute Gasteiger partial charge is 0.334 e. The van der Waals surface area contributed by atoms with Gasteiger partial charge in [-0.3, -0.25) is 4.79 Å². The predicted molar refractivity (Wildman–Crippen MR) is 73.9 cm³/mol. The summed E-state index contributed by atoms with van der Waals surface area (Å²) in [6.45, 7) is 1.46. The molecule has 0 aliphatic carbocycles. The maximum atomic E-state index is 12.4. The molecule has 1 aromatic heterocycles. The van der Waals surface area contributed by atoms with Gasteiger partial charge in [0.2, 0.25) is 0 Å². The van der Waals surface area contributed by atoms with Gasteiger partial charge in [-0.1, -0.05) is 0 Å². The Morgan fingerprint density at radius 2 is 2.05 bits per heavy atom. The average molecular weight is 268 g/mol. The quantitative estimate of drug-likeness (QED) is 0.798. The minimum Gasteiger partial charge on any atom is -0.334 e. The van der Waals surface area contributed by atoms with E-state index in [1.165, 1.54) is 10.4 Å². The van der Waals surface area contributed by atoms with Gasteiger partial charge in [-0.2, -0.15) is 5.26 Å². The zero-order valence-corrected chi connectivity index (χ0v) is 11.1. The number of carbonyl (C=O) groups is 1. The SMILES string of the molecule is N#Cc1ccc(C(=O)N2CCc3sccc3C2)cc1. The normalized spacial score (nSPS) is 13.7. The molecule has 3 rings (SSSR count). The third-order valence-electron chi connectivity index (χ3n) is 3.36. The van der Waals surface area contributed by atoms with E-state index in [4.69, 9.17) is 5.26 Å². The van der Waals surface area contributed by atoms with Crippen LogP contribution in [-0.2, 0) is 13.0 Å². The van der Waals surface area contributed by atoms with Crippen LogP contribution in [-0.4, -0.2) is 17.4 Å². The first-order chi connectivity index (χ1) is 9.28. The Labute approximate surface area is 115 Å². The van der Waals surface area contributed by atoms with Gasteiger partial charge in [-0.15, -0.1) is 11.3 Å². The molecule has 0 saturated carbocycles. The molecule has 0 unspecified atom stereocenters. The maximum Gasteiger partial charge on any atom is 0.254 e. The Morgan fingerprint density at radius 3 is 2.79 bits per heavy atom. The van der Waals surface area contributed by atoms with E-state index in [0.717, 1.165) is 13.0 Å². The standard InChI is InChI=1S/C15H12N2OS/c16-9-11-1-3-12(4-2-11)15(18)17-7-5-14-13(10-17)6-8-19-14/h1-4,6,8H,5,7,10H2. The molecule has 1 aliphatic heterocycles. The first-order valence-electron chi connectivity index (χ1n) is 6.12. The molecule has 0 radical (unpaired) electrons. The molecular weight excluding hydrogens is 256 g/mol. The summed E-state index contributed by atoms with van der Waals surface area (Å²) in [7, 11) is 0. The number of hydrogen-bond acceptors (Lipinski definition) is 3. The molecule has 0 spiro atoms. The van der Waals surface area contributed by atoms with E-state index < -0.39 is 0 Å². The Balaban J connectivity index is 1.79. The third kappa shape index (κ3) is 2.25. The monoisotopic (exact) mass is 268 g/mol. The number of nitrogens with zero attached hydrogens (tertiary/aromatic N) is 2. The second-order valence-corrected chi connectivity index (χ2v) is 5.54. The molecule has 1 aliphatic rings. The number of rotatable bonds is 1. The highest BCUT2D eigenvalue weighted by molar-refractivity contribution is 7.10. The maximum absolute atomic E-state index is 12.4. The summed E-state index contributed by atoms with van der Waals surface area (Å²) in [4.78, 5) is 15.6. The minimum atomic E-state index is 0.0429. The van der Waals surface area contributed by atoms with Gasteiger partial charge in [0, 0.05) is 23.5 Å². The molecule has 94 valence electrons. The van der Waals surface area contributed by atoms with Crippen LogP contribution < -0.4 is 0 Å². The topological polar surface area (TPSA) is 44.1 Å². The summed E-state index contributed by atoms with van der Waals surface area (Å²) in [5.74, 6) is 0.0429. The van der Waals surface area contributed by atoms with Crippen molar-refractivity contribution in [2.45, 2.75) is 13.0 Å². The highest BCUT2D eigenvalue weighted by Gasteiger charge is 2.22. The van der Waals surface area contributed by atoms with Gasteiger partial charge in [0.1, 0.15) is 0 Å². The van der Waals surface area contributed by atoms with Gasteiger partial charge in [-0.25, -0.2) is 0 Å². The fourth-order valence-corrected chi connectivity index (χ4v) is 3.18. The van der Waals surface area contributed by atoms with Gasteiger partial charge < -0.3 is 4.90 Å². The van der Waals surface area contributed by atoms with Crippen LogP contribution in [0.25, 0.3) is 0 Å². The number of thiophene rings is 1. The lowest BCUT2D eigenvalue weighted by molar-refractivity contribution is 0.0736. The van der Waals surface area contributed by atoms with Crippen molar-refractivity contribution in [3.05, 3.63) is 57.3 Å². The van der Waals surface area contributed by atoms with Crippen molar-refractivity contribution in [2.24, 2.45) is 0 Å². The van der Waals surface area contributed by atoms with E-state index in [9.17, 15) is 4.79 Å². The highest BCUT2D eigenvalue weighted by Crippen LogP contribution is 2.25. The number of carbonyl (C=O) groups excluding carboxylic acids is 1. The van der Waals surface area contributed by atoms with Crippen LogP contribution in [0.3, 0.4) is 0 Å². The van der Waals surface area contributed by atoms with Gasteiger partial charge in [-0.05, 0) is 47.7 Å². The van der Waals surface area contributed by atoms with Gasteiger partial charge in [0.15, 0.2) is 0 Å². The van der Waals surface area contributed by atoms with Crippen molar-refractivity contribution in [3.63, 3.8) is 0 Å².